The van der Waals surface area contributed by atoms with Crippen LogP contribution in [-0.4, -0.2) is 14.1 Å². The standard InChI is InChI=1S/C15H16N2/c1-17(2)13-4-6-15-11(9-13)7-10-8-12(16)3-5-14(10)15/h3-6,8-9H,7,16H2,1-2H3. The van der Waals surface area contributed by atoms with Crippen LogP contribution in [0.1, 0.15) is 11.1 Å². The van der Waals surface area contributed by atoms with Gasteiger partial charge in [-0.2, -0.15) is 0 Å². The molecule has 1 aliphatic carbocycles. The number of hydrogen-bond acceptors (Lipinski definition) is 2. The predicted molar refractivity (Wildman–Crippen MR) is 73.4 cm³/mol. The van der Waals surface area contributed by atoms with Gasteiger partial charge in [-0.1, -0.05) is 12.1 Å². The molecule has 0 bridgehead atoms. The molecular formula is C15H16N2. The van der Waals surface area contributed by atoms with Crippen LogP contribution in [0.4, 0.5) is 11.4 Å². The zero-order chi connectivity index (χ0) is 12.0. The summed E-state index contributed by atoms with van der Waals surface area (Å²) in [4.78, 5) is 2.14. The second kappa shape index (κ2) is 3.52. The Morgan fingerprint density at radius 3 is 2.29 bits per heavy atom. The number of nitrogen functional groups attached to an aromatic ring is 1. The Morgan fingerprint density at radius 1 is 0.941 bits per heavy atom. The predicted octanol–water partition coefficient (Wildman–Crippen LogP) is 2.91. The molecule has 0 fully saturated rings. The number of rotatable bonds is 1. The van der Waals surface area contributed by atoms with Crippen LogP contribution < -0.4 is 10.6 Å². The highest BCUT2D eigenvalue weighted by Gasteiger charge is 2.18. The summed E-state index contributed by atoms with van der Waals surface area (Å²) in [6.07, 6.45) is 0.997. The van der Waals surface area contributed by atoms with Crippen molar-refractivity contribution in [1.82, 2.24) is 0 Å². The van der Waals surface area contributed by atoms with Crippen molar-refractivity contribution in [2.45, 2.75) is 6.42 Å². The monoisotopic (exact) mass is 224 g/mol. The molecular weight excluding hydrogens is 208 g/mol. The SMILES string of the molecule is CN(C)c1ccc2c(c1)Cc1cc(N)ccc1-2. The fourth-order valence-corrected chi connectivity index (χ4v) is 2.50. The average Bonchev–Trinajstić information content (AvgIpc) is 2.64. The molecule has 2 heteroatoms. The fraction of sp³-hybridized carbons (Fsp3) is 0.200. The third kappa shape index (κ3) is 1.57. The van der Waals surface area contributed by atoms with Gasteiger partial charge in [-0.3, -0.25) is 0 Å². The van der Waals surface area contributed by atoms with Crippen LogP contribution in [0.2, 0.25) is 0 Å². The number of nitrogens with two attached hydrogens (primary N) is 1. The number of fused-ring (bicyclic) bond motifs is 3. The fourth-order valence-electron chi connectivity index (χ4n) is 2.50. The van der Waals surface area contributed by atoms with Crippen molar-refractivity contribution in [1.29, 1.82) is 0 Å². The number of hydrogen-bond donors (Lipinski definition) is 1. The van der Waals surface area contributed by atoms with Gasteiger partial charge in [-0.25, -0.2) is 0 Å². The normalized spacial score (nSPS) is 12.1. The molecule has 17 heavy (non-hydrogen) atoms. The van der Waals surface area contributed by atoms with E-state index in [1.54, 1.807) is 0 Å². The van der Waals surface area contributed by atoms with Crippen molar-refractivity contribution in [3.8, 4) is 11.1 Å². The summed E-state index contributed by atoms with van der Waals surface area (Å²) in [5, 5.41) is 0. The van der Waals surface area contributed by atoms with Gasteiger partial charge in [0.15, 0.2) is 0 Å². The second-order valence-corrected chi connectivity index (χ2v) is 4.83. The van der Waals surface area contributed by atoms with E-state index in [0.29, 0.717) is 0 Å². The topological polar surface area (TPSA) is 29.3 Å². The van der Waals surface area contributed by atoms with Crippen molar-refractivity contribution < 1.29 is 0 Å². The van der Waals surface area contributed by atoms with Crippen LogP contribution in [0.25, 0.3) is 11.1 Å². The highest BCUT2D eigenvalue weighted by molar-refractivity contribution is 5.80. The van der Waals surface area contributed by atoms with Crippen LogP contribution in [0.15, 0.2) is 36.4 Å². The van der Waals surface area contributed by atoms with Gasteiger partial charge in [0.25, 0.3) is 0 Å². The van der Waals surface area contributed by atoms with Gasteiger partial charge in [0, 0.05) is 25.5 Å². The molecule has 0 heterocycles. The maximum Gasteiger partial charge on any atom is 0.0364 e. The van der Waals surface area contributed by atoms with E-state index in [9.17, 15) is 0 Å². The Kier molecular flexibility index (Phi) is 2.11. The van der Waals surface area contributed by atoms with E-state index in [1.807, 2.05) is 6.07 Å². The molecule has 2 nitrogen and oxygen atoms in total. The Bertz CT molecular complexity index is 585. The summed E-state index contributed by atoms with van der Waals surface area (Å²) in [6.45, 7) is 0. The van der Waals surface area contributed by atoms with Gasteiger partial charge >= 0.3 is 0 Å². The van der Waals surface area contributed by atoms with Gasteiger partial charge < -0.3 is 10.6 Å². The van der Waals surface area contributed by atoms with E-state index < -0.39 is 0 Å². The summed E-state index contributed by atoms with van der Waals surface area (Å²) in [6, 6.07) is 12.9. The van der Waals surface area contributed by atoms with Crippen molar-refractivity contribution in [2.24, 2.45) is 0 Å². The van der Waals surface area contributed by atoms with E-state index in [-0.39, 0.29) is 0 Å². The largest absolute Gasteiger partial charge is 0.399 e. The van der Waals surface area contributed by atoms with Crippen LogP contribution in [-0.2, 0) is 6.42 Å². The lowest BCUT2D eigenvalue weighted by Crippen LogP contribution is -2.08. The highest BCUT2D eigenvalue weighted by atomic mass is 15.1. The molecule has 0 spiro atoms. The summed E-state index contributed by atoms with van der Waals surface area (Å²) in [7, 11) is 4.14. The lowest BCUT2D eigenvalue weighted by molar-refractivity contribution is 1.12. The first-order valence-electron chi connectivity index (χ1n) is 5.84. The maximum atomic E-state index is 5.84. The summed E-state index contributed by atoms with van der Waals surface area (Å²) in [5.41, 5.74) is 13.4. The lowest BCUT2D eigenvalue weighted by atomic mass is 10.1. The smallest absolute Gasteiger partial charge is 0.0364 e. The van der Waals surface area contributed by atoms with E-state index in [2.05, 4.69) is 49.3 Å². The third-order valence-electron chi connectivity index (χ3n) is 3.41. The molecule has 2 aromatic rings. The average molecular weight is 224 g/mol. The third-order valence-corrected chi connectivity index (χ3v) is 3.41. The molecule has 0 aliphatic heterocycles. The van der Waals surface area contributed by atoms with E-state index >= 15 is 0 Å². The summed E-state index contributed by atoms with van der Waals surface area (Å²) >= 11 is 0. The van der Waals surface area contributed by atoms with Crippen molar-refractivity contribution in [3.63, 3.8) is 0 Å². The highest BCUT2D eigenvalue weighted by Crippen LogP contribution is 2.38. The molecule has 0 atom stereocenters. The first kappa shape index (κ1) is 10.2. The quantitative estimate of drug-likeness (QED) is 0.644. The molecule has 0 saturated heterocycles. The second-order valence-electron chi connectivity index (χ2n) is 4.83. The van der Waals surface area contributed by atoms with Gasteiger partial charge in [0.1, 0.15) is 0 Å². The van der Waals surface area contributed by atoms with Crippen LogP contribution in [0, 0.1) is 0 Å². The van der Waals surface area contributed by atoms with Crippen molar-refractivity contribution in [3.05, 3.63) is 47.5 Å². The molecule has 0 unspecified atom stereocenters. The number of anilines is 2. The molecule has 0 aromatic heterocycles. The van der Waals surface area contributed by atoms with Gasteiger partial charge in [-0.15, -0.1) is 0 Å². The molecule has 0 radical (unpaired) electrons. The van der Waals surface area contributed by atoms with Gasteiger partial charge in [-0.05, 0) is 52.9 Å². The Balaban J connectivity index is 2.12. The molecule has 2 aromatic carbocycles. The zero-order valence-electron chi connectivity index (χ0n) is 10.2. The number of benzene rings is 2. The molecule has 0 amide bonds. The zero-order valence-corrected chi connectivity index (χ0v) is 10.2. The molecule has 2 N–H and O–H groups in total. The maximum absolute atomic E-state index is 5.84. The summed E-state index contributed by atoms with van der Waals surface area (Å²) < 4.78 is 0. The molecule has 0 saturated carbocycles. The molecule has 1 aliphatic rings. The van der Waals surface area contributed by atoms with Gasteiger partial charge in [0.2, 0.25) is 0 Å². The van der Waals surface area contributed by atoms with Crippen LogP contribution in [0.5, 0.6) is 0 Å². The van der Waals surface area contributed by atoms with Crippen LogP contribution >= 0.6 is 0 Å². The minimum Gasteiger partial charge on any atom is -0.399 e. The first-order chi connectivity index (χ1) is 8.15. The van der Waals surface area contributed by atoms with E-state index in [4.69, 9.17) is 5.73 Å². The Morgan fingerprint density at radius 2 is 1.59 bits per heavy atom. The Hall–Kier alpha value is -1.96. The van der Waals surface area contributed by atoms with Crippen LogP contribution in [0.3, 0.4) is 0 Å². The van der Waals surface area contributed by atoms with E-state index in [1.165, 1.54) is 27.9 Å². The number of nitrogens with zero attached hydrogens (tertiary/aromatic N) is 1. The summed E-state index contributed by atoms with van der Waals surface area (Å²) in [5.74, 6) is 0. The van der Waals surface area contributed by atoms with E-state index in [0.717, 1.165) is 12.1 Å². The van der Waals surface area contributed by atoms with Gasteiger partial charge in [0.05, 0.1) is 0 Å². The van der Waals surface area contributed by atoms with Crippen molar-refractivity contribution in [2.75, 3.05) is 24.7 Å². The lowest BCUT2D eigenvalue weighted by Gasteiger charge is -2.13. The first-order valence-corrected chi connectivity index (χ1v) is 5.84. The van der Waals surface area contributed by atoms with Crippen molar-refractivity contribution >= 4 is 11.4 Å². The Labute approximate surface area is 102 Å². The molecule has 86 valence electrons. The minimum absolute atomic E-state index is 0.851. The molecule has 3 rings (SSSR count). The minimum atomic E-state index is 0.851.